The lowest BCUT2D eigenvalue weighted by molar-refractivity contribution is 0.114. The van der Waals surface area contributed by atoms with Crippen LogP contribution >= 0.6 is 12.2 Å². The topological polar surface area (TPSA) is 45.7 Å². The third-order valence-electron chi connectivity index (χ3n) is 3.58. The highest BCUT2D eigenvalue weighted by atomic mass is 32.1. The zero-order valence-electron chi connectivity index (χ0n) is 11.1. The number of hydrogen-bond acceptors (Lipinski definition) is 3. The van der Waals surface area contributed by atoms with Crippen LogP contribution < -0.4 is 10.7 Å². The number of nitrogens with zero attached hydrogens (tertiary/aromatic N) is 1. The third kappa shape index (κ3) is 4.53. The Hall–Kier alpha value is -0.680. The predicted octanol–water partition coefficient (Wildman–Crippen LogP) is 2.20. The van der Waals surface area contributed by atoms with Crippen LogP contribution in [0.5, 0.6) is 0 Å². The van der Waals surface area contributed by atoms with Crippen molar-refractivity contribution in [3.8, 4) is 0 Å². The molecule has 1 saturated heterocycles. The summed E-state index contributed by atoms with van der Waals surface area (Å²) in [5, 5.41) is 8.17. The zero-order chi connectivity index (χ0) is 12.8. The number of ether oxygens (including phenoxy) is 1. The fourth-order valence-corrected chi connectivity index (χ4v) is 2.67. The van der Waals surface area contributed by atoms with Crippen molar-refractivity contribution in [2.75, 3.05) is 13.2 Å². The van der Waals surface area contributed by atoms with Crippen LogP contribution in [0.25, 0.3) is 0 Å². The van der Waals surface area contributed by atoms with Gasteiger partial charge in [-0.25, -0.2) is 0 Å². The number of nitrogens with one attached hydrogen (secondary N) is 2. The standard InChI is InChI=1S/C13H23N3OS/c1-10-4-2-5-11(8-10)15-16-13(18)14-9-12-6-3-7-17-12/h10,12H,2-9H2,1H3,(H2,14,16,18)/b15-11+/t10-,12+/m1/s1. The Morgan fingerprint density at radius 3 is 3.06 bits per heavy atom. The monoisotopic (exact) mass is 269 g/mol. The van der Waals surface area contributed by atoms with Gasteiger partial charge in [0, 0.05) is 18.9 Å². The van der Waals surface area contributed by atoms with E-state index < -0.39 is 0 Å². The van der Waals surface area contributed by atoms with Crippen LogP contribution in [0.15, 0.2) is 5.10 Å². The average molecular weight is 269 g/mol. The SMILES string of the molecule is C[C@@H]1CCC/C(=N\NC(=S)NC[C@@H]2CCCO2)C1. The van der Waals surface area contributed by atoms with Crippen molar-refractivity contribution in [2.24, 2.45) is 11.0 Å². The maximum atomic E-state index is 5.53. The molecular formula is C13H23N3OS. The van der Waals surface area contributed by atoms with Crippen LogP contribution in [0, 0.1) is 5.92 Å². The van der Waals surface area contributed by atoms with E-state index in [4.69, 9.17) is 17.0 Å². The lowest BCUT2D eigenvalue weighted by Gasteiger charge is -2.19. The Morgan fingerprint density at radius 2 is 2.33 bits per heavy atom. The first-order valence-electron chi connectivity index (χ1n) is 6.95. The van der Waals surface area contributed by atoms with E-state index in [1.165, 1.54) is 18.6 Å². The first-order chi connectivity index (χ1) is 8.74. The van der Waals surface area contributed by atoms with Crippen LogP contribution in [0.4, 0.5) is 0 Å². The molecule has 1 saturated carbocycles. The van der Waals surface area contributed by atoms with E-state index in [0.717, 1.165) is 44.8 Å². The highest BCUT2D eigenvalue weighted by Gasteiger charge is 2.16. The average Bonchev–Trinajstić information content (AvgIpc) is 2.87. The molecule has 1 aliphatic heterocycles. The third-order valence-corrected chi connectivity index (χ3v) is 3.81. The smallest absolute Gasteiger partial charge is 0.187 e. The summed E-state index contributed by atoms with van der Waals surface area (Å²) < 4.78 is 5.53. The quantitative estimate of drug-likeness (QED) is 0.609. The molecule has 2 rings (SSSR count). The molecule has 0 bridgehead atoms. The van der Waals surface area contributed by atoms with Gasteiger partial charge >= 0.3 is 0 Å². The molecule has 0 aromatic rings. The van der Waals surface area contributed by atoms with Crippen LogP contribution in [-0.4, -0.2) is 30.1 Å². The molecule has 5 heteroatoms. The minimum absolute atomic E-state index is 0.312. The zero-order valence-corrected chi connectivity index (χ0v) is 11.9. The van der Waals surface area contributed by atoms with Gasteiger partial charge in [-0.1, -0.05) is 6.92 Å². The second-order valence-corrected chi connectivity index (χ2v) is 5.74. The molecular weight excluding hydrogens is 246 g/mol. The molecule has 2 N–H and O–H groups in total. The van der Waals surface area contributed by atoms with Crippen molar-refractivity contribution >= 4 is 23.0 Å². The van der Waals surface area contributed by atoms with Crippen molar-refractivity contribution in [2.45, 2.75) is 51.6 Å². The second kappa shape index (κ2) is 7.04. The van der Waals surface area contributed by atoms with Gasteiger partial charge in [0.05, 0.1) is 6.10 Å². The Balaban J connectivity index is 1.65. The molecule has 0 amide bonds. The first kappa shape index (κ1) is 13.7. The summed E-state index contributed by atoms with van der Waals surface area (Å²) in [4.78, 5) is 0. The van der Waals surface area contributed by atoms with Crippen molar-refractivity contribution in [3.63, 3.8) is 0 Å². The number of hydrogen-bond donors (Lipinski definition) is 2. The van der Waals surface area contributed by atoms with Gasteiger partial charge in [0.1, 0.15) is 0 Å². The molecule has 0 radical (unpaired) electrons. The van der Waals surface area contributed by atoms with Gasteiger partial charge < -0.3 is 10.1 Å². The molecule has 1 heterocycles. The number of thiocarbonyl (C=S) groups is 1. The van der Waals surface area contributed by atoms with E-state index in [2.05, 4.69) is 22.8 Å². The molecule has 2 fully saturated rings. The lowest BCUT2D eigenvalue weighted by atomic mass is 9.89. The maximum Gasteiger partial charge on any atom is 0.187 e. The molecule has 1 aliphatic carbocycles. The number of hydrazone groups is 1. The summed E-state index contributed by atoms with van der Waals surface area (Å²) in [5.41, 5.74) is 4.19. The molecule has 2 aliphatic rings. The first-order valence-corrected chi connectivity index (χ1v) is 7.35. The minimum Gasteiger partial charge on any atom is -0.376 e. The highest BCUT2D eigenvalue weighted by molar-refractivity contribution is 7.80. The van der Waals surface area contributed by atoms with Gasteiger partial charge in [0.2, 0.25) is 0 Å². The summed E-state index contributed by atoms with van der Waals surface area (Å²) in [6.45, 7) is 3.95. The van der Waals surface area contributed by atoms with E-state index in [1.54, 1.807) is 0 Å². The van der Waals surface area contributed by atoms with Crippen molar-refractivity contribution in [1.29, 1.82) is 0 Å². The number of rotatable bonds is 3. The van der Waals surface area contributed by atoms with Gasteiger partial charge in [0.15, 0.2) is 5.11 Å². The normalized spacial score (nSPS) is 30.4. The molecule has 2 atom stereocenters. The second-order valence-electron chi connectivity index (χ2n) is 5.34. The minimum atomic E-state index is 0.312. The van der Waals surface area contributed by atoms with Gasteiger partial charge in [0.25, 0.3) is 0 Å². The Kier molecular flexibility index (Phi) is 5.38. The van der Waals surface area contributed by atoms with E-state index in [0.29, 0.717) is 11.2 Å². The molecule has 4 nitrogen and oxygen atoms in total. The van der Waals surface area contributed by atoms with E-state index in [1.807, 2.05) is 0 Å². The van der Waals surface area contributed by atoms with Crippen molar-refractivity contribution in [3.05, 3.63) is 0 Å². The summed E-state index contributed by atoms with van der Waals surface area (Å²) in [6, 6.07) is 0. The molecule has 102 valence electrons. The maximum absolute atomic E-state index is 5.53. The molecule has 18 heavy (non-hydrogen) atoms. The van der Waals surface area contributed by atoms with E-state index >= 15 is 0 Å². The summed E-state index contributed by atoms with van der Waals surface area (Å²) >= 11 is 5.20. The van der Waals surface area contributed by atoms with Crippen LogP contribution in [-0.2, 0) is 4.74 Å². The molecule has 0 spiro atoms. The summed E-state index contributed by atoms with van der Waals surface area (Å²) in [6.07, 6.45) is 7.37. The van der Waals surface area contributed by atoms with E-state index in [9.17, 15) is 0 Å². The Labute approximate surface area is 115 Å². The largest absolute Gasteiger partial charge is 0.376 e. The van der Waals surface area contributed by atoms with Crippen LogP contribution in [0.1, 0.15) is 45.4 Å². The fraction of sp³-hybridized carbons (Fsp3) is 0.846. The highest BCUT2D eigenvalue weighted by Crippen LogP contribution is 2.20. The van der Waals surface area contributed by atoms with Gasteiger partial charge in [-0.2, -0.15) is 5.10 Å². The summed E-state index contributed by atoms with van der Waals surface area (Å²) in [7, 11) is 0. The molecule has 0 aromatic carbocycles. The van der Waals surface area contributed by atoms with E-state index in [-0.39, 0.29) is 0 Å². The predicted molar refractivity (Wildman–Crippen MR) is 77.8 cm³/mol. The van der Waals surface area contributed by atoms with Crippen LogP contribution in [0.3, 0.4) is 0 Å². The lowest BCUT2D eigenvalue weighted by Crippen LogP contribution is -2.37. The summed E-state index contributed by atoms with van der Waals surface area (Å²) in [5.74, 6) is 0.757. The van der Waals surface area contributed by atoms with Crippen molar-refractivity contribution in [1.82, 2.24) is 10.7 Å². The Bertz CT molecular complexity index is 313. The van der Waals surface area contributed by atoms with Gasteiger partial charge in [-0.05, 0) is 56.7 Å². The molecule has 0 aromatic heterocycles. The Morgan fingerprint density at radius 1 is 1.44 bits per heavy atom. The van der Waals surface area contributed by atoms with Crippen LogP contribution in [0.2, 0.25) is 0 Å². The molecule has 0 unspecified atom stereocenters. The van der Waals surface area contributed by atoms with Gasteiger partial charge in [-0.3, -0.25) is 5.43 Å². The fourth-order valence-electron chi connectivity index (χ4n) is 2.54. The van der Waals surface area contributed by atoms with Gasteiger partial charge in [-0.15, -0.1) is 0 Å². The van der Waals surface area contributed by atoms with Crippen molar-refractivity contribution < 1.29 is 4.74 Å².